The van der Waals surface area contributed by atoms with Gasteiger partial charge in [0, 0.05) is 25.1 Å². The van der Waals surface area contributed by atoms with Crippen molar-refractivity contribution in [3.8, 4) is 5.75 Å². The Kier molecular flexibility index (Phi) is 4.11. The lowest BCUT2D eigenvalue weighted by molar-refractivity contribution is -0.136. The lowest BCUT2D eigenvalue weighted by Gasteiger charge is -2.53. The molecule has 4 nitrogen and oxygen atoms in total. The molecule has 2 bridgehead atoms. The molecule has 1 unspecified atom stereocenters. The van der Waals surface area contributed by atoms with Crippen molar-refractivity contribution in [1.29, 1.82) is 0 Å². The zero-order chi connectivity index (χ0) is 18.7. The number of hydrogen-bond acceptors (Lipinski definition) is 3. The van der Waals surface area contributed by atoms with Gasteiger partial charge in [0.2, 0.25) is 5.91 Å². The molecule has 1 heterocycles. The van der Waals surface area contributed by atoms with Crippen LogP contribution in [0.2, 0.25) is 0 Å². The third-order valence-electron chi connectivity index (χ3n) is 7.55. The first-order chi connectivity index (χ1) is 12.3. The number of nitrogens with one attached hydrogen (secondary N) is 1. The van der Waals surface area contributed by atoms with Crippen LogP contribution in [0.5, 0.6) is 5.75 Å². The average molecular weight is 357 g/mol. The van der Waals surface area contributed by atoms with Crippen LogP contribution in [-0.2, 0) is 9.53 Å². The van der Waals surface area contributed by atoms with Crippen molar-refractivity contribution in [2.45, 2.75) is 59.1 Å². The molecule has 1 aromatic carbocycles. The molecule has 3 aliphatic rings. The highest BCUT2D eigenvalue weighted by Crippen LogP contribution is 2.70. The van der Waals surface area contributed by atoms with E-state index in [0.29, 0.717) is 11.8 Å². The maximum absolute atomic E-state index is 12.0. The second kappa shape index (κ2) is 5.98. The molecule has 1 spiro atoms. The summed E-state index contributed by atoms with van der Waals surface area (Å²) in [6.07, 6.45) is 3.46. The van der Waals surface area contributed by atoms with E-state index >= 15 is 0 Å². The highest BCUT2D eigenvalue weighted by Gasteiger charge is 2.68. The van der Waals surface area contributed by atoms with Crippen LogP contribution in [0.15, 0.2) is 18.2 Å². The smallest absolute Gasteiger partial charge is 0.217 e. The topological polar surface area (TPSA) is 47.6 Å². The Morgan fingerprint density at radius 1 is 1.35 bits per heavy atom. The molecule has 3 fully saturated rings. The molecule has 5 atom stereocenters. The minimum atomic E-state index is 0.0525. The summed E-state index contributed by atoms with van der Waals surface area (Å²) in [5.74, 6) is 2.07. The van der Waals surface area contributed by atoms with Crippen LogP contribution in [0.3, 0.4) is 0 Å². The van der Waals surface area contributed by atoms with Gasteiger partial charge in [-0.1, -0.05) is 26.0 Å². The Balaban J connectivity index is 1.74. The van der Waals surface area contributed by atoms with Gasteiger partial charge in [-0.05, 0) is 60.5 Å². The standard InChI is InChI=1S/C22H31NO3/c1-13-6-7-16(18(10-13)25-5)19-17-11-15-12-22(17,8-9-26-19)20(21(15,3)4)23-14(2)24/h6-7,10,15,17,19-20H,8-9,11-12H2,1-5H3,(H,23,24)/t15-,17-,19-,20-,22?/m1/s1. The van der Waals surface area contributed by atoms with E-state index in [-0.39, 0.29) is 28.9 Å². The Morgan fingerprint density at radius 3 is 2.81 bits per heavy atom. The quantitative estimate of drug-likeness (QED) is 0.889. The molecule has 1 saturated heterocycles. The molecule has 2 saturated carbocycles. The van der Waals surface area contributed by atoms with Crippen molar-refractivity contribution in [2.75, 3.05) is 13.7 Å². The number of benzene rings is 1. The van der Waals surface area contributed by atoms with Crippen molar-refractivity contribution in [1.82, 2.24) is 5.32 Å². The van der Waals surface area contributed by atoms with Crippen LogP contribution >= 0.6 is 0 Å². The van der Waals surface area contributed by atoms with Crippen LogP contribution in [0.4, 0.5) is 0 Å². The summed E-state index contributed by atoms with van der Waals surface area (Å²) >= 11 is 0. The van der Waals surface area contributed by atoms with Crippen molar-refractivity contribution in [3.05, 3.63) is 29.3 Å². The zero-order valence-electron chi connectivity index (χ0n) is 16.6. The molecule has 4 rings (SSSR count). The van der Waals surface area contributed by atoms with Crippen LogP contribution < -0.4 is 10.1 Å². The van der Waals surface area contributed by atoms with E-state index in [1.54, 1.807) is 14.0 Å². The van der Waals surface area contributed by atoms with E-state index < -0.39 is 0 Å². The van der Waals surface area contributed by atoms with Crippen LogP contribution in [0.1, 0.15) is 57.3 Å². The van der Waals surface area contributed by atoms with Gasteiger partial charge in [0.1, 0.15) is 5.75 Å². The minimum Gasteiger partial charge on any atom is -0.496 e. The number of hydrogen-bond donors (Lipinski definition) is 1. The highest BCUT2D eigenvalue weighted by molar-refractivity contribution is 5.73. The lowest BCUT2D eigenvalue weighted by atomic mass is 9.58. The van der Waals surface area contributed by atoms with Gasteiger partial charge in [0.15, 0.2) is 0 Å². The second-order valence-corrected chi connectivity index (χ2v) is 9.22. The zero-order valence-corrected chi connectivity index (χ0v) is 16.6. The molecule has 1 aromatic rings. The van der Waals surface area contributed by atoms with Crippen molar-refractivity contribution in [2.24, 2.45) is 22.7 Å². The maximum atomic E-state index is 12.0. The Labute approximate surface area is 156 Å². The largest absolute Gasteiger partial charge is 0.496 e. The molecule has 1 N–H and O–H groups in total. The average Bonchev–Trinajstić information content (AvgIpc) is 3.07. The van der Waals surface area contributed by atoms with Gasteiger partial charge < -0.3 is 14.8 Å². The summed E-state index contributed by atoms with van der Waals surface area (Å²) in [6, 6.07) is 6.63. The number of fused-ring (bicyclic) bond motifs is 1. The number of rotatable bonds is 3. The fourth-order valence-corrected chi connectivity index (χ4v) is 6.35. The van der Waals surface area contributed by atoms with Gasteiger partial charge >= 0.3 is 0 Å². The van der Waals surface area contributed by atoms with E-state index in [1.807, 2.05) is 0 Å². The summed E-state index contributed by atoms with van der Waals surface area (Å²) in [5, 5.41) is 3.34. The van der Waals surface area contributed by atoms with Crippen LogP contribution in [0, 0.1) is 29.6 Å². The SMILES string of the molecule is COc1cc(C)ccc1[C@H]1OCCC23C[C@@H](C[C@H]12)C(C)(C)[C@H]3NC(C)=O. The Bertz CT molecular complexity index is 728. The third kappa shape index (κ3) is 2.41. The minimum absolute atomic E-state index is 0.0525. The number of methoxy groups -OCH3 is 1. The molecule has 142 valence electrons. The first-order valence-electron chi connectivity index (χ1n) is 9.83. The third-order valence-corrected chi connectivity index (χ3v) is 7.55. The maximum Gasteiger partial charge on any atom is 0.217 e. The first-order valence-corrected chi connectivity index (χ1v) is 9.83. The number of carbonyl (C=O) groups excluding carboxylic acids is 1. The molecule has 0 aromatic heterocycles. The molecule has 1 aliphatic heterocycles. The summed E-state index contributed by atoms with van der Waals surface area (Å²) in [4.78, 5) is 12.0. The van der Waals surface area contributed by atoms with E-state index in [9.17, 15) is 4.79 Å². The summed E-state index contributed by atoms with van der Waals surface area (Å²) in [5.41, 5.74) is 2.63. The van der Waals surface area contributed by atoms with E-state index in [0.717, 1.165) is 24.3 Å². The fourth-order valence-electron chi connectivity index (χ4n) is 6.35. The van der Waals surface area contributed by atoms with Gasteiger partial charge in [0.05, 0.1) is 13.2 Å². The predicted octanol–water partition coefficient (Wildman–Crippen LogP) is 4.02. The van der Waals surface area contributed by atoms with Crippen molar-refractivity contribution in [3.63, 3.8) is 0 Å². The fraction of sp³-hybridized carbons (Fsp3) is 0.682. The van der Waals surface area contributed by atoms with Crippen molar-refractivity contribution >= 4 is 5.91 Å². The van der Waals surface area contributed by atoms with Gasteiger partial charge in [-0.25, -0.2) is 0 Å². The molecule has 0 radical (unpaired) electrons. The summed E-state index contributed by atoms with van der Waals surface area (Å²) < 4.78 is 12.0. The monoisotopic (exact) mass is 357 g/mol. The highest BCUT2D eigenvalue weighted by atomic mass is 16.5. The van der Waals surface area contributed by atoms with E-state index in [4.69, 9.17) is 9.47 Å². The number of amides is 1. The van der Waals surface area contributed by atoms with E-state index in [1.165, 1.54) is 18.4 Å². The predicted molar refractivity (Wildman–Crippen MR) is 101 cm³/mol. The van der Waals surface area contributed by atoms with Crippen molar-refractivity contribution < 1.29 is 14.3 Å². The van der Waals surface area contributed by atoms with Gasteiger partial charge in [-0.2, -0.15) is 0 Å². The molecule has 26 heavy (non-hydrogen) atoms. The number of ether oxygens (including phenoxy) is 2. The van der Waals surface area contributed by atoms with Gasteiger partial charge in [-0.3, -0.25) is 4.79 Å². The normalized spacial score (nSPS) is 37.3. The molecule has 2 aliphatic carbocycles. The lowest BCUT2D eigenvalue weighted by Crippen LogP contribution is -2.58. The van der Waals surface area contributed by atoms with Crippen LogP contribution in [-0.4, -0.2) is 25.7 Å². The summed E-state index contributed by atoms with van der Waals surface area (Å²) in [7, 11) is 1.74. The van der Waals surface area contributed by atoms with E-state index in [2.05, 4.69) is 44.3 Å². The first kappa shape index (κ1) is 17.8. The molecular weight excluding hydrogens is 326 g/mol. The Hall–Kier alpha value is -1.55. The second-order valence-electron chi connectivity index (χ2n) is 9.22. The Morgan fingerprint density at radius 2 is 2.12 bits per heavy atom. The molecular formula is C22H31NO3. The number of aryl methyl sites for hydroxylation is 1. The van der Waals surface area contributed by atoms with Gasteiger partial charge in [0.25, 0.3) is 0 Å². The van der Waals surface area contributed by atoms with Gasteiger partial charge in [-0.15, -0.1) is 0 Å². The molecule has 1 amide bonds. The number of carbonyl (C=O) groups is 1. The van der Waals surface area contributed by atoms with Crippen LogP contribution in [0.25, 0.3) is 0 Å². The molecule has 4 heteroatoms. The summed E-state index contributed by atoms with van der Waals surface area (Å²) in [6.45, 7) is 9.15.